The molecule has 3 amide bonds. The smallest absolute Gasteiger partial charge is 0.346 e. The zero-order chi connectivity index (χ0) is 24.6. The van der Waals surface area contributed by atoms with Gasteiger partial charge in [-0.2, -0.15) is 5.10 Å². The first-order valence-corrected chi connectivity index (χ1v) is 11.4. The second-order valence-corrected chi connectivity index (χ2v) is 7.72. The highest BCUT2D eigenvalue weighted by Crippen LogP contribution is 2.28. The maximum atomic E-state index is 12.5. The second kappa shape index (κ2) is 11.4. The van der Waals surface area contributed by atoms with Crippen LogP contribution >= 0.6 is 0 Å². The molecule has 1 aliphatic heterocycles. The average Bonchev–Trinajstić information content (AvgIpc) is 3.05. The van der Waals surface area contributed by atoms with Crippen molar-refractivity contribution in [3.63, 3.8) is 0 Å². The van der Waals surface area contributed by atoms with Gasteiger partial charge >= 0.3 is 6.03 Å². The van der Waals surface area contributed by atoms with E-state index in [-0.39, 0.29) is 5.91 Å². The molecule has 1 atom stereocenters. The number of imide groups is 1. The Hall–Kier alpha value is -3.75. The van der Waals surface area contributed by atoms with Crippen molar-refractivity contribution in [3.8, 4) is 23.0 Å². The number of carbonyl (C=O) groups excluding carboxylic acids is 2. The largest absolute Gasteiger partial charge is 0.494 e. The molecular formula is C25H31N3O6. The summed E-state index contributed by atoms with van der Waals surface area (Å²) in [5.41, 5.74) is -0.275. The van der Waals surface area contributed by atoms with Gasteiger partial charge in [-0.1, -0.05) is 6.92 Å². The van der Waals surface area contributed by atoms with Crippen molar-refractivity contribution >= 4 is 18.2 Å². The molecule has 1 heterocycles. The molecule has 0 aliphatic carbocycles. The summed E-state index contributed by atoms with van der Waals surface area (Å²) in [6.07, 6.45) is 1.92. The summed E-state index contributed by atoms with van der Waals surface area (Å²) in [6.45, 7) is 9.06. The molecule has 9 heteroatoms. The maximum absolute atomic E-state index is 12.5. The molecule has 1 fully saturated rings. The van der Waals surface area contributed by atoms with Crippen LogP contribution in [-0.4, -0.2) is 55.1 Å². The van der Waals surface area contributed by atoms with Crippen LogP contribution in [-0.2, 0) is 4.79 Å². The van der Waals surface area contributed by atoms with Gasteiger partial charge in [-0.3, -0.25) is 4.79 Å². The summed E-state index contributed by atoms with van der Waals surface area (Å²) in [4.78, 5) is 24.6. The van der Waals surface area contributed by atoms with Crippen LogP contribution in [0.3, 0.4) is 0 Å². The number of nitrogens with zero attached hydrogens (tertiary/aromatic N) is 2. The number of hydrogen-bond donors (Lipinski definition) is 1. The summed E-state index contributed by atoms with van der Waals surface area (Å²) in [7, 11) is 0. The van der Waals surface area contributed by atoms with Gasteiger partial charge in [0.25, 0.3) is 5.91 Å². The molecule has 2 aromatic rings. The standard InChI is InChI=1S/C25H31N3O6/c1-5-25(4)23(29)28(24(30)27-25)26-17-18-8-13-21(22(16-18)32-7-3)34-15-14-33-20-11-9-19(10-12-20)31-6-2/h8-13,16-17H,5-7,14-15H2,1-4H3,(H,27,30)/b26-17+. The van der Waals surface area contributed by atoms with Crippen LogP contribution in [0.1, 0.15) is 39.7 Å². The lowest BCUT2D eigenvalue weighted by molar-refractivity contribution is -0.130. The molecule has 0 spiro atoms. The molecule has 1 unspecified atom stereocenters. The molecule has 3 rings (SSSR count). The SMILES string of the molecule is CCOc1ccc(OCCOc2ccc(/C=N/N3C(=O)NC(C)(CC)C3=O)cc2OCC)cc1. The van der Waals surface area contributed by atoms with Crippen molar-refractivity contribution < 1.29 is 28.5 Å². The fourth-order valence-electron chi connectivity index (χ4n) is 3.24. The molecule has 0 bridgehead atoms. The Labute approximate surface area is 199 Å². The Morgan fingerprint density at radius 2 is 1.53 bits per heavy atom. The van der Waals surface area contributed by atoms with Gasteiger partial charge in [-0.15, -0.1) is 5.01 Å². The lowest BCUT2D eigenvalue weighted by Gasteiger charge is -2.17. The van der Waals surface area contributed by atoms with Crippen LogP contribution in [0.25, 0.3) is 0 Å². The number of carbonyl (C=O) groups is 2. The lowest BCUT2D eigenvalue weighted by atomic mass is 10.00. The number of rotatable bonds is 12. The number of ether oxygens (including phenoxy) is 4. The van der Waals surface area contributed by atoms with Crippen LogP contribution in [0, 0.1) is 0 Å². The van der Waals surface area contributed by atoms with Gasteiger partial charge in [0.1, 0.15) is 30.3 Å². The first-order valence-electron chi connectivity index (χ1n) is 11.4. The van der Waals surface area contributed by atoms with Crippen LogP contribution < -0.4 is 24.3 Å². The molecule has 0 radical (unpaired) electrons. The highest BCUT2D eigenvalue weighted by molar-refractivity contribution is 6.07. The Morgan fingerprint density at radius 1 is 0.882 bits per heavy atom. The van der Waals surface area contributed by atoms with E-state index in [1.807, 2.05) is 45.0 Å². The third-order valence-corrected chi connectivity index (χ3v) is 5.28. The monoisotopic (exact) mass is 469 g/mol. The third kappa shape index (κ3) is 5.98. The van der Waals surface area contributed by atoms with Crippen LogP contribution in [0.2, 0.25) is 0 Å². The quantitative estimate of drug-likeness (QED) is 0.287. The Balaban J connectivity index is 1.59. The van der Waals surface area contributed by atoms with Gasteiger partial charge in [-0.25, -0.2) is 4.79 Å². The van der Waals surface area contributed by atoms with Gasteiger partial charge in [-0.05, 0) is 75.2 Å². The Kier molecular flexibility index (Phi) is 8.34. The molecule has 1 N–H and O–H groups in total. The van der Waals surface area contributed by atoms with E-state index < -0.39 is 11.6 Å². The van der Waals surface area contributed by atoms with Gasteiger partial charge < -0.3 is 24.3 Å². The van der Waals surface area contributed by atoms with Crippen molar-refractivity contribution in [1.82, 2.24) is 10.3 Å². The van der Waals surface area contributed by atoms with E-state index in [0.717, 1.165) is 16.5 Å². The lowest BCUT2D eigenvalue weighted by Crippen LogP contribution is -2.42. The number of urea groups is 1. The van der Waals surface area contributed by atoms with Crippen molar-refractivity contribution in [2.75, 3.05) is 26.4 Å². The first-order chi connectivity index (χ1) is 16.4. The highest BCUT2D eigenvalue weighted by Gasteiger charge is 2.46. The summed E-state index contributed by atoms with van der Waals surface area (Å²) in [5.74, 6) is 2.23. The molecule has 1 saturated heterocycles. The summed E-state index contributed by atoms with van der Waals surface area (Å²) in [5, 5.41) is 7.60. The van der Waals surface area contributed by atoms with E-state index in [2.05, 4.69) is 10.4 Å². The summed E-state index contributed by atoms with van der Waals surface area (Å²) >= 11 is 0. The Morgan fingerprint density at radius 3 is 2.15 bits per heavy atom. The zero-order valence-corrected chi connectivity index (χ0v) is 20.0. The first kappa shape index (κ1) is 24.9. The van der Waals surface area contributed by atoms with Crippen molar-refractivity contribution in [2.45, 2.75) is 39.7 Å². The van der Waals surface area contributed by atoms with E-state index >= 15 is 0 Å². The second-order valence-electron chi connectivity index (χ2n) is 7.72. The van der Waals surface area contributed by atoms with E-state index in [1.165, 1.54) is 6.21 Å². The van der Waals surface area contributed by atoms with Crippen LogP contribution in [0.15, 0.2) is 47.6 Å². The molecule has 34 heavy (non-hydrogen) atoms. The molecular weight excluding hydrogens is 438 g/mol. The van der Waals surface area contributed by atoms with E-state index in [4.69, 9.17) is 18.9 Å². The minimum Gasteiger partial charge on any atom is -0.494 e. The number of nitrogens with one attached hydrogen (secondary N) is 1. The number of hydrazone groups is 1. The molecule has 2 aromatic carbocycles. The molecule has 0 aromatic heterocycles. The molecule has 182 valence electrons. The topological polar surface area (TPSA) is 98.7 Å². The van der Waals surface area contributed by atoms with Gasteiger partial charge in [0.05, 0.1) is 19.4 Å². The van der Waals surface area contributed by atoms with Crippen LogP contribution in [0.4, 0.5) is 4.79 Å². The number of amides is 3. The number of hydrogen-bond acceptors (Lipinski definition) is 7. The predicted molar refractivity (Wildman–Crippen MR) is 128 cm³/mol. The van der Waals surface area contributed by atoms with Gasteiger partial charge in [0, 0.05) is 0 Å². The number of benzene rings is 2. The van der Waals surface area contributed by atoms with Crippen molar-refractivity contribution in [2.24, 2.45) is 5.10 Å². The highest BCUT2D eigenvalue weighted by atomic mass is 16.5. The fraction of sp³-hybridized carbons (Fsp3) is 0.400. The summed E-state index contributed by atoms with van der Waals surface area (Å²) < 4.78 is 22.7. The zero-order valence-electron chi connectivity index (χ0n) is 20.0. The van der Waals surface area contributed by atoms with Gasteiger partial charge in [0.15, 0.2) is 11.5 Å². The molecule has 1 aliphatic rings. The van der Waals surface area contributed by atoms with Crippen LogP contribution in [0.5, 0.6) is 23.0 Å². The minimum atomic E-state index is -0.935. The minimum absolute atomic E-state index is 0.318. The molecule has 0 saturated carbocycles. The normalized spacial score (nSPS) is 17.7. The average molecular weight is 470 g/mol. The van der Waals surface area contributed by atoms with Gasteiger partial charge in [0.2, 0.25) is 0 Å². The fourth-order valence-corrected chi connectivity index (χ4v) is 3.24. The van der Waals surface area contributed by atoms with E-state index in [9.17, 15) is 9.59 Å². The third-order valence-electron chi connectivity index (χ3n) is 5.28. The maximum Gasteiger partial charge on any atom is 0.346 e. The Bertz CT molecular complexity index is 1020. The predicted octanol–water partition coefficient (Wildman–Crippen LogP) is 4.00. The van der Waals surface area contributed by atoms with E-state index in [1.54, 1.807) is 25.1 Å². The van der Waals surface area contributed by atoms with E-state index in [0.29, 0.717) is 49.9 Å². The van der Waals surface area contributed by atoms with Crippen molar-refractivity contribution in [1.29, 1.82) is 0 Å². The summed E-state index contributed by atoms with van der Waals surface area (Å²) in [6, 6.07) is 12.1. The molecule has 9 nitrogen and oxygen atoms in total. The van der Waals surface area contributed by atoms with Crippen molar-refractivity contribution in [3.05, 3.63) is 48.0 Å².